The largest absolute Gasteiger partial charge is 0.493 e. The molecule has 0 radical (unpaired) electrons. The molecule has 2 heterocycles. The maximum atomic E-state index is 12.1. The van der Waals surface area contributed by atoms with Crippen LogP contribution in [0.4, 0.5) is 0 Å². The monoisotopic (exact) mass is 424 g/mol. The lowest BCUT2D eigenvalue weighted by Gasteiger charge is -2.10. The van der Waals surface area contributed by atoms with Crippen LogP contribution in [0.1, 0.15) is 18.4 Å². The number of nitrogens with one attached hydrogen (secondary N) is 1. The second-order valence-electron chi connectivity index (χ2n) is 7.02. The third kappa shape index (κ3) is 4.47. The van der Waals surface area contributed by atoms with E-state index in [0.29, 0.717) is 24.7 Å². The van der Waals surface area contributed by atoms with Crippen LogP contribution in [0.5, 0.6) is 11.5 Å². The van der Waals surface area contributed by atoms with Gasteiger partial charge in [-0.3, -0.25) is 4.79 Å². The number of rotatable bonds is 7. The van der Waals surface area contributed by atoms with E-state index in [9.17, 15) is 4.79 Å². The second-order valence-corrected chi connectivity index (χ2v) is 7.88. The van der Waals surface area contributed by atoms with Crippen molar-refractivity contribution in [2.45, 2.75) is 25.5 Å². The normalized spacial score (nSPS) is 15.7. The van der Waals surface area contributed by atoms with Crippen LogP contribution < -0.4 is 14.8 Å². The summed E-state index contributed by atoms with van der Waals surface area (Å²) in [5.74, 6) is 1.34. The molecule has 1 amide bonds. The zero-order valence-corrected chi connectivity index (χ0v) is 17.8. The molecule has 0 saturated carbocycles. The Balaban J connectivity index is 1.43. The molecule has 1 N–H and O–H groups in total. The molecule has 156 valence electrons. The van der Waals surface area contributed by atoms with Crippen molar-refractivity contribution in [1.29, 1.82) is 0 Å². The lowest BCUT2D eigenvalue weighted by Crippen LogP contribution is -2.33. The van der Waals surface area contributed by atoms with E-state index >= 15 is 0 Å². The van der Waals surface area contributed by atoms with Gasteiger partial charge in [0, 0.05) is 29.7 Å². The van der Waals surface area contributed by atoms with Gasteiger partial charge in [-0.25, -0.2) is 4.98 Å². The molecule has 2 aromatic carbocycles. The van der Waals surface area contributed by atoms with Crippen molar-refractivity contribution in [2.24, 2.45) is 0 Å². The smallest absolute Gasteiger partial charge is 0.249 e. The van der Waals surface area contributed by atoms with Crippen LogP contribution in [-0.2, 0) is 16.1 Å². The van der Waals surface area contributed by atoms with Crippen LogP contribution in [-0.4, -0.2) is 37.8 Å². The van der Waals surface area contributed by atoms with Crippen LogP contribution in [0.25, 0.3) is 21.8 Å². The van der Waals surface area contributed by atoms with Gasteiger partial charge in [-0.2, -0.15) is 0 Å². The highest BCUT2D eigenvalue weighted by Gasteiger charge is 2.23. The zero-order chi connectivity index (χ0) is 20.9. The SMILES string of the molecule is COc1ccc(-c2csc(-c3ccc(CNC(=O)C4CCCO4)cc3)n2)cc1OC. The van der Waals surface area contributed by atoms with Crippen LogP contribution in [0.15, 0.2) is 47.8 Å². The zero-order valence-electron chi connectivity index (χ0n) is 17.0. The molecule has 1 unspecified atom stereocenters. The predicted molar refractivity (Wildman–Crippen MR) is 117 cm³/mol. The van der Waals surface area contributed by atoms with Gasteiger partial charge in [-0.05, 0) is 36.6 Å². The molecule has 4 rings (SSSR count). The van der Waals surface area contributed by atoms with Crippen molar-refractivity contribution in [3.05, 3.63) is 53.4 Å². The number of aromatic nitrogens is 1. The van der Waals surface area contributed by atoms with E-state index in [4.69, 9.17) is 19.2 Å². The lowest BCUT2D eigenvalue weighted by molar-refractivity contribution is -0.130. The Bertz CT molecular complexity index is 1010. The fourth-order valence-corrected chi connectivity index (χ4v) is 4.22. The molecule has 1 fully saturated rings. The summed E-state index contributed by atoms with van der Waals surface area (Å²) in [6.07, 6.45) is 1.46. The summed E-state index contributed by atoms with van der Waals surface area (Å²) in [7, 11) is 3.24. The number of nitrogens with zero attached hydrogens (tertiary/aromatic N) is 1. The number of carbonyl (C=O) groups excluding carboxylic acids is 1. The Labute approximate surface area is 179 Å². The number of amides is 1. The van der Waals surface area contributed by atoms with Crippen molar-refractivity contribution in [3.8, 4) is 33.3 Å². The van der Waals surface area contributed by atoms with E-state index in [1.165, 1.54) is 0 Å². The predicted octanol–water partition coefficient (Wildman–Crippen LogP) is 4.29. The van der Waals surface area contributed by atoms with Gasteiger partial charge in [-0.1, -0.05) is 24.3 Å². The second kappa shape index (κ2) is 9.28. The van der Waals surface area contributed by atoms with Crippen LogP contribution in [0.3, 0.4) is 0 Å². The first-order valence-corrected chi connectivity index (χ1v) is 10.7. The van der Waals surface area contributed by atoms with E-state index in [1.54, 1.807) is 25.6 Å². The highest BCUT2D eigenvalue weighted by Crippen LogP contribution is 2.34. The number of methoxy groups -OCH3 is 2. The van der Waals surface area contributed by atoms with Crippen LogP contribution in [0.2, 0.25) is 0 Å². The Morgan fingerprint density at radius 3 is 2.60 bits per heavy atom. The quantitative estimate of drug-likeness (QED) is 0.613. The van der Waals surface area contributed by atoms with E-state index in [0.717, 1.165) is 40.2 Å². The van der Waals surface area contributed by atoms with Gasteiger partial charge in [0.2, 0.25) is 5.91 Å². The molecule has 1 saturated heterocycles. The Morgan fingerprint density at radius 2 is 1.90 bits per heavy atom. The number of hydrogen-bond acceptors (Lipinski definition) is 6. The van der Waals surface area contributed by atoms with Crippen molar-refractivity contribution in [3.63, 3.8) is 0 Å². The van der Waals surface area contributed by atoms with E-state index in [1.807, 2.05) is 47.8 Å². The minimum Gasteiger partial charge on any atom is -0.493 e. The van der Waals surface area contributed by atoms with Crippen molar-refractivity contribution < 1.29 is 19.0 Å². The van der Waals surface area contributed by atoms with Crippen LogP contribution >= 0.6 is 11.3 Å². The van der Waals surface area contributed by atoms with E-state index < -0.39 is 0 Å². The fourth-order valence-electron chi connectivity index (χ4n) is 3.39. The summed E-state index contributed by atoms with van der Waals surface area (Å²) in [5, 5.41) is 5.92. The average Bonchev–Trinajstić information content (AvgIpc) is 3.50. The molecule has 1 atom stereocenters. The number of benzene rings is 2. The summed E-state index contributed by atoms with van der Waals surface area (Å²) in [6.45, 7) is 1.17. The fraction of sp³-hybridized carbons (Fsp3) is 0.304. The Hall–Kier alpha value is -2.90. The van der Waals surface area contributed by atoms with Crippen LogP contribution in [0, 0.1) is 0 Å². The average molecular weight is 425 g/mol. The van der Waals surface area contributed by atoms with Gasteiger partial charge in [0.05, 0.1) is 19.9 Å². The Kier molecular flexibility index (Phi) is 6.30. The first-order chi connectivity index (χ1) is 14.7. The number of ether oxygens (including phenoxy) is 3. The van der Waals surface area contributed by atoms with Gasteiger partial charge in [-0.15, -0.1) is 11.3 Å². The molecule has 1 aliphatic rings. The first kappa shape index (κ1) is 20.4. The van der Waals surface area contributed by atoms with E-state index in [-0.39, 0.29) is 12.0 Å². The molecule has 3 aromatic rings. The minimum absolute atomic E-state index is 0.0314. The molecule has 7 heteroatoms. The molecule has 0 aliphatic carbocycles. The molecule has 0 bridgehead atoms. The van der Waals surface area contributed by atoms with E-state index in [2.05, 4.69) is 5.32 Å². The molecular weight excluding hydrogens is 400 g/mol. The molecule has 0 spiro atoms. The first-order valence-electron chi connectivity index (χ1n) is 9.84. The van der Waals surface area contributed by atoms with Gasteiger partial charge in [0.25, 0.3) is 0 Å². The molecule has 1 aromatic heterocycles. The standard InChI is InChI=1S/C23H24N2O4S/c1-27-19-10-9-17(12-21(19)28-2)18-14-30-23(25-18)16-7-5-15(6-8-16)13-24-22(26)20-4-3-11-29-20/h5-10,12,14,20H,3-4,11,13H2,1-2H3,(H,24,26). The number of hydrogen-bond donors (Lipinski definition) is 1. The molecule has 6 nitrogen and oxygen atoms in total. The minimum atomic E-state index is -0.297. The topological polar surface area (TPSA) is 69.7 Å². The maximum Gasteiger partial charge on any atom is 0.249 e. The summed E-state index contributed by atoms with van der Waals surface area (Å²) >= 11 is 1.59. The number of carbonyl (C=O) groups is 1. The highest BCUT2D eigenvalue weighted by atomic mass is 32.1. The van der Waals surface area contributed by atoms with Crippen molar-refractivity contribution in [1.82, 2.24) is 10.3 Å². The lowest BCUT2D eigenvalue weighted by atomic mass is 10.1. The Morgan fingerprint density at radius 1 is 1.13 bits per heavy atom. The summed E-state index contributed by atoms with van der Waals surface area (Å²) in [5.41, 5.74) is 3.95. The molecular formula is C23H24N2O4S. The van der Waals surface area contributed by atoms with Gasteiger partial charge in [0.1, 0.15) is 11.1 Å². The summed E-state index contributed by atoms with van der Waals surface area (Å²) in [6, 6.07) is 13.9. The molecule has 30 heavy (non-hydrogen) atoms. The van der Waals surface area contributed by atoms with Gasteiger partial charge in [0.15, 0.2) is 11.5 Å². The summed E-state index contributed by atoms with van der Waals surface area (Å²) in [4.78, 5) is 16.8. The third-order valence-corrected chi connectivity index (χ3v) is 5.96. The van der Waals surface area contributed by atoms with Gasteiger partial charge < -0.3 is 19.5 Å². The van der Waals surface area contributed by atoms with Crippen molar-refractivity contribution in [2.75, 3.05) is 20.8 Å². The maximum absolute atomic E-state index is 12.1. The third-order valence-electron chi connectivity index (χ3n) is 5.07. The highest BCUT2D eigenvalue weighted by molar-refractivity contribution is 7.13. The summed E-state index contributed by atoms with van der Waals surface area (Å²) < 4.78 is 16.1. The number of thiazole rings is 1. The van der Waals surface area contributed by atoms with Crippen molar-refractivity contribution >= 4 is 17.2 Å². The molecule has 1 aliphatic heterocycles. The van der Waals surface area contributed by atoms with Gasteiger partial charge >= 0.3 is 0 Å².